The summed E-state index contributed by atoms with van der Waals surface area (Å²) in [5, 5.41) is 8.31. The van der Waals surface area contributed by atoms with Crippen LogP contribution >= 0.6 is 0 Å². The number of fused-ring (bicyclic) bond motifs is 1. The Morgan fingerprint density at radius 2 is 1.89 bits per heavy atom. The van der Waals surface area contributed by atoms with Crippen molar-refractivity contribution in [3.8, 4) is 0 Å². The summed E-state index contributed by atoms with van der Waals surface area (Å²) in [4.78, 5) is 7.51. The van der Waals surface area contributed by atoms with Crippen LogP contribution in [0.1, 0.15) is 49.4 Å². The molecule has 1 aromatic carbocycles. The minimum absolute atomic E-state index is 0.472. The van der Waals surface area contributed by atoms with Gasteiger partial charge in [0, 0.05) is 25.0 Å². The summed E-state index contributed by atoms with van der Waals surface area (Å²) in [7, 11) is 0. The van der Waals surface area contributed by atoms with Gasteiger partial charge >= 0.3 is 0 Å². The molecule has 1 saturated heterocycles. The average Bonchev–Trinajstić information content (AvgIpc) is 3.10. The molecule has 1 saturated carbocycles. The SMILES string of the molecule is c1ccc(CNc2ccc3nc([C@H]4CCCN(C5CCC5)C4)nn3c2)cc1. The third-order valence-corrected chi connectivity index (χ3v) is 6.10. The number of aromatic nitrogens is 3. The van der Waals surface area contributed by atoms with Gasteiger partial charge in [-0.3, -0.25) is 4.90 Å². The molecule has 5 heteroatoms. The molecular weight excluding hydrogens is 334 g/mol. The zero-order valence-electron chi connectivity index (χ0n) is 15.7. The second-order valence-electron chi connectivity index (χ2n) is 7.95. The quantitative estimate of drug-likeness (QED) is 0.744. The fraction of sp³-hybridized carbons (Fsp3) is 0.455. The largest absolute Gasteiger partial charge is 0.380 e. The Morgan fingerprint density at radius 3 is 2.70 bits per heavy atom. The van der Waals surface area contributed by atoms with E-state index in [9.17, 15) is 0 Å². The van der Waals surface area contributed by atoms with Crippen molar-refractivity contribution >= 4 is 11.3 Å². The van der Waals surface area contributed by atoms with Crippen LogP contribution in [0.4, 0.5) is 5.69 Å². The van der Waals surface area contributed by atoms with Crippen molar-refractivity contribution < 1.29 is 0 Å². The van der Waals surface area contributed by atoms with Gasteiger partial charge in [0.2, 0.25) is 0 Å². The van der Waals surface area contributed by atoms with Crippen molar-refractivity contribution in [2.45, 2.75) is 50.6 Å². The van der Waals surface area contributed by atoms with E-state index >= 15 is 0 Å². The van der Waals surface area contributed by atoms with E-state index in [0.717, 1.165) is 36.3 Å². The number of rotatable bonds is 5. The van der Waals surface area contributed by atoms with Gasteiger partial charge < -0.3 is 5.32 Å². The van der Waals surface area contributed by atoms with Crippen molar-refractivity contribution in [1.29, 1.82) is 0 Å². The summed E-state index contributed by atoms with van der Waals surface area (Å²) in [6.07, 6.45) is 8.68. The fourth-order valence-corrected chi connectivity index (χ4v) is 4.28. The number of nitrogens with one attached hydrogen (secondary N) is 1. The van der Waals surface area contributed by atoms with Gasteiger partial charge in [-0.1, -0.05) is 36.8 Å². The zero-order valence-corrected chi connectivity index (χ0v) is 15.7. The first-order chi connectivity index (χ1) is 13.3. The Hall–Kier alpha value is -2.40. The summed E-state index contributed by atoms with van der Waals surface area (Å²) in [5.41, 5.74) is 3.29. The minimum atomic E-state index is 0.472. The molecule has 27 heavy (non-hydrogen) atoms. The van der Waals surface area contributed by atoms with Crippen LogP contribution in [0, 0.1) is 0 Å². The molecule has 0 unspecified atom stereocenters. The van der Waals surface area contributed by atoms with Gasteiger partial charge in [0.1, 0.15) is 0 Å². The lowest BCUT2D eigenvalue weighted by Crippen LogP contribution is -2.45. The van der Waals surface area contributed by atoms with Gasteiger partial charge in [-0.2, -0.15) is 5.10 Å². The molecule has 1 aliphatic heterocycles. The lowest BCUT2D eigenvalue weighted by atomic mass is 9.87. The summed E-state index contributed by atoms with van der Waals surface area (Å²) in [6, 6.07) is 15.4. The van der Waals surface area contributed by atoms with Gasteiger partial charge in [0.05, 0.1) is 11.9 Å². The number of piperidine rings is 1. The maximum Gasteiger partial charge on any atom is 0.156 e. The van der Waals surface area contributed by atoms with E-state index in [1.807, 2.05) is 10.6 Å². The standard InChI is InChI=1S/C22H27N5/c1-2-6-17(7-3-1)14-23-19-11-12-21-24-22(25-27(21)16-19)18-8-5-13-26(15-18)20-9-4-10-20/h1-3,6-7,11-12,16,18,20,23H,4-5,8-10,13-15H2/t18-/m0/s1. The molecule has 5 nitrogen and oxygen atoms in total. The number of nitrogens with zero attached hydrogens (tertiary/aromatic N) is 4. The molecule has 140 valence electrons. The number of hydrogen-bond donors (Lipinski definition) is 1. The normalized spacial score (nSPS) is 21.3. The molecule has 0 radical (unpaired) electrons. The predicted octanol–water partition coefficient (Wildman–Crippen LogP) is 4.07. The average molecular weight is 361 g/mol. The molecule has 0 bridgehead atoms. The molecule has 2 aromatic heterocycles. The molecule has 2 fully saturated rings. The Balaban J connectivity index is 1.30. The van der Waals surface area contributed by atoms with Crippen molar-refractivity contribution in [2.24, 2.45) is 0 Å². The second kappa shape index (κ2) is 7.31. The number of anilines is 1. The van der Waals surface area contributed by atoms with E-state index in [-0.39, 0.29) is 0 Å². The molecular formula is C22H27N5. The molecule has 1 atom stereocenters. The number of hydrogen-bond acceptors (Lipinski definition) is 4. The topological polar surface area (TPSA) is 45.5 Å². The van der Waals surface area contributed by atoms with Gasteiger partial charge in [-0.15, -0.1) is 0 Å². The van der Waals surface area contributed by atoms with E-state index in [4.69, 9.17) is 10.1 Å². The second-order valence-corrected chi connectivity index (χ2v) is 7.95. The van der Waals surface area contributed by atoms with Crippen LogP contribution in [0.5, 0.6) is 0 Å². The maximum absolute atomic E-state index is 4.83. The van der Waals surface area contributed by atoms with Crippen LogP contribution in [0.2, 0.25) is 0 Å². The van der Waals surface area contributed by atoms with Crippen LogP contribution in [0.3, 0.4) is 0 Å². The molecule has 3 heterocycles. The van der Waals surface area contributed by atoms with Crippen LogP contribution in [-0.2, 0) is 6.54 Å². The van der Waals surface area contributed by atoms with Crippen LogP contribution in [0.25, 0.3) is 5.65 Å². The number of likely N-dealkylation sites (tertiary alicyclic amines) is 1. The molecule has 5 rings (SSSR count). The minimum Gasteiger partial charge on any atom is -0.380 e. The lowest BCUT2D eigenvalue weighted by Gasteiger charge is -2.41. The highest BCUT2D eigenvalue weighted by Crippen LogP contribution is 2.32. The summed E-state index contributed by atoms with van der Waals surface area (Å²) >= 11 is 0. The molecule has 2 aliphatic rings. The van der Waals surface area contributed by atoms with E-state index < -0.39 is 0 Å². The highest BCUT2D eigenvalue weighted by Gasteiger charge is 2.31. The first-order valence-electron chi connectivity index (χ1n) is 10.2. The molecule has 0 amide bonds. The first kappa shape index (κ1) is 16.8. The predicted molar refractivity (Wildman–Crippen MR) is 108 cm³/mol. The smallest absolute Gasteiger partial charge is 0.156 e. The Kier molecular flexibility index (Phi) is 4.54. The van der Waals surface area contributed by atoms with Crippen LogP contribution < -0.4 is 5.32 Å². The number of pyridine rings is 1. The number of benzene rings is 1. The third-order valence-electron chi connectivity index (χ3n) is 6.10. The monoisotopic (exact) mass is 361 g/mol. The fourth-order valence-electron chi connectivity index (χ4n) is 4.28. The van der Waals surface area contributed by atoms with Crippen molar-refractivity contribution in [1.82, 2.24) is 19.5 Å². The Labute approximate surface area is 160 Å². The zero-order chi connectivity index (χ0) is 18.1. The van der Waals surface area contributed by atoms with Crippen LogP contribution in [-0.4, -0.2) is 38.6 Å². The highest BCUT2D eigenvalue weighted by molar-refractivity contribution is 5.49. The summed E-state index contributed by atoms with van der Waals surface area (Å²) in [5.74, 6) is 1.49. The maximum atomic E-state index is 4.83. The lowest BCUT2D eigenvalue weighted by molar-refractivity contribution is 0.0929. The van der Waals surface area contributed by atoms with Crippen molar-refractivity contribution in [2.75, 3.05) is 18.4 Å². The first-order valence-corrected chi connectivity index (χ1v) is 10.2. The van der Waals surface area contributed by atoms with Gasteiger partial charge in [-0.05, 0) is 49.9 Å². The van der Waals surface area contributed by atoms with Crippen LogP contribution in [0.15, 0.2) is 48.7 Å². The van der Waals surface area contributed by atoms with E-state index in [1.165, 1.54) is 44.2 Å². The molecule has 1 aliphatic carbocycles. The van der Waals surface area contributed by atoms with E-state index in [1.54, 1.807) is 0 Å². The van der Waals surface area contributed by atoms with Gasteiger partial charge in [0.15, 0.2) is 11.5 Å². The Morgan fingerprint density at radius 1 is 1.00 bits per heavy atom. The van der Waals surface area contributed by atoms with E-state index in [2.05, 4.69) is 52.8 Å². The molecule has 3 aromatic rings. The Bertz CT molecular complexity index is 899. The molecule has 1 N–H and O–H groups in total. The van der Waals surface area contributed by atoms with Gasteiger partial charge in [-0.25, -0.2) is 9.50 Å². The van der Waals surface area contributed by atoms with E-state index in [0.29, 0.717) is 5.92 Å². The summed E-state index contributed by atoms with van der Waals surface area (Å²) in [6.45, 7) is 3.19. The third kappa shape index (κ3) is 3.56. The highest BCUT2D eigenvalue weighted by atomic mass is 15.3. The van der Waals surface area contributed by atoms with Crippen molar-refractivity contribution in [3.63, 3.8) is 0 Å². The molecule has 0 spiro atoms. The summed E-state index contributed by atoms with van der Waals surface area (Å²) < 4.78 is 1.94. The van der Waals surface area contributed by atoms with Gasteiger partial charge in [0.25, 0.3) is 0 Å². The van der Waals surface area contributed by atoms with Crippen molar-refractivity contribution in [3.05, 3.63) is 60.0 Å².